The molecule has 158 valence electrons. The number of rotatable bonds is 2. The van der Waals surface area contributed by atoms with E-state index in [1.165, 1.54) is 0 Å². The smallest absolute Gasteiger partial charge is 0.298 e. The van der Waals surface area contributed by atoms with E-state index in [9.17, 15) is 25.9 Å². The standard InChI is InChI=1S/C19H14N4O6S2/c1-9-6-7-12-13(8-9)23-17-16(22-12)18(30(24,25)26)14-15(19(17)31(27,28)29)21-11-5-3-2-4-10(11)20-14/h2-8,22-23H,1H3,(H,24,25,26)(H,27,28,29). The molecule has 4 N–H and O–H groups in total. The van der Waals surface area contributed by atoms with Gasteiger partial charge in [-0.05, 0) is 36.8 Å². The van der Waals surface area contributed by atoms with Gasteiger partial charge in [0, 0.05) is 0 Å². The van der Waals surface area contributed by atoms with Crippen LogP contribution in [0.15, 0.2) is 52.3 Å². The van der Waals surface area contributed by atoms with Crippen LogP contribution in [-0.4, -0.2) is 35.9 Å². The highest BCUT2D eigenvalue weighted by molar-refractivity contribution is 7.86. The summed E-state index contributed by atoms with van der Waals surface area (Å²) >= 11 is 0. The van der Waals surface area contributed by atoms with Crippen molar-refractivity contribution >= 4 is 65.1 Å². The SMILES string of the molecule is Cc1ccc2c(c1)Nc1c(c(S(=O)(=O)O)c3nc4ccccc4nc3c1S(=O)(=O)O)N2. The van der Waals surface area contributed by atoms with E-state index in [4.69, 9.17) is 0 Å². The number of para-hydroxylation sites is 2. The average Bonchev–Trinajstić information content (AvgIpc) is 2.67. The zero-order chi connectivity index (χ0) is 22.1. The first-order chi connectivity index (χ1) is 14.5. The molecule has 1 aliphatic rings. The summed E-state index contributed by atoms with van der Waals surface area (Å²) < 4.78 is 69.6. The fraction of sp³-hybridized carbons (Fsp3) is 0.0526. The number of benzene rings is 3. The van der Waals surface area contributed by atoms with E-state index in [2.05, 4.69) is 20.6 Å². The Balaban J connectivity index is 2.03. The summed E-state index contributed by atoms with van der Waals surface area (Å²) in [5.74, 6) is 0. The second kappa shape index (κ2) is 6.34. The molecule has 12 heteroatoms. The minimum absolute atomic E-state index is 0.259. The van der Waals surface area contributed by atoms with Crippen LogP contribution in [0.1, 0.15) is 5.56 Å². The third-order valence-electron chi connectivity index (χ3n) is 4.92. The minimum atomic E-state index is -4.90. The molecule has 0 saturated heterocycles. The zero-order valence-electron chi connectivity index (χ0n) is 15.8. The Morgan fingerprint density at radius 3 is 1.71 bits per heavy atom. The van der Waals surface area contributed by atoms with E-state index in [1.54, 1.807) is 42.5 Å². The first-order valence-corrected chi connectivity index (χ1v) is 11.8. The third-order valence-corrected chi connectivity index (χ3v) is 6.74. The van der Waals surface area contributed by atoms with Gasteiger partial charge in [0.15, 0.2) is 0 Å². The Labute approximate surface area is 176 Å². The van der Waals surface area contributed by atoms with Gasteiger partial charge < -0.3 is 10.6 Å². The molecule has 2 heterocycles. The first-order valence-electron chi connectivity index (χ1n) is 8.90. The molecule has 1 aromatic heterocycles. The van der Waals surface area contributed by atoms with Gasteiger partial charge in [-0.25, -0.2) is 9.97 Å². The third kappa shape index (κ3) is 3.08. The second-order valence-electron chi connectivity index (χ2n) is 7.07. The fourth-order valence-electron chi connectivity index (χ4n) is 3.66. The number of anilines is 4. The average molecular weight is 458 g/mol. The summed E-state index contributed by atoms with van der Waals surface area (Å²) in [4.78, 5) is 7.21. The van der Waals surface area contributed by atoms with E-state index in [0.717, 1.165) is 5.56 Å². The Morgan fingerprint density at radius 2 is 1.23 bits per heavy atom. The highest BCUT2D eigenvalue weighted by Gasteiger charge is 2.35. The quantitative estimate of drug-likeness (QED) is 0.228. The van der Waals surface area contributed by atoms with Crippen molar-refractivity contribution in [3.8, 4) is 0 Å². The zero-order valence-corrected chi connectivity index (χ0v) is 17.4. The second-order valence-corrected chi connectivity index (χ2v) is 9.78. The van der Waals surface area contributed by atoms with Gasteiger partial charge in [-0.2, -0.15) is 16.8 Å². The van der Waals surface area contributed by atoms with Gasteiger partial charge in [-0.3, -0.25) is 9.11 Å². The van der Waals surface area contributed by atoms with Crippen molar-refractivity contribution in [2.75, 3.05) is 10.6 Å². The molecule has 0 bridgehead atoms. The number of aromatic nitrogens is 2. The van der Waals surface area contributed by atoms with Crippen molar-refractivity contribution in [3.63, 3.8) is 0 Å². The Hall–Kier alpha value is -3.32. The van der Waals surface area contributed by atoms with E-state index in [1.807, 2.05) is 6.92 Å². The van der Waals surface area contributed by atoms with Crippen LogP contribution in [0, 0.1) is 6.92 Å². The van der Waals surface area contributed by atoms with Crippen LogP contribution in [0.2, 0.25) is 0 Å². The van der Waals surface area contributed by atoms with Gasteiger partial charge in [-0.15, -0.1) is 0 Å². The van der Waals surface area contributed by atoms with Gasteiger partial charge in [0.05, 0.1) is 33.8 Å². The van der Waals surface area contributed by atoms with Gasteiger partial charge >= 0.3 is 0 Å². The van der Waals surface area contributed by atoms with Crippen LogP contribution in [0.25, 0.3) is 22.1 Å². The summed E-state index contributed by atoms with van der Waals surface area (Å²) in [6, 6.07) is 11.6. The van der Waals surface area contributed by atoms with Crippen molar-refractivity contribution in [2.24, 2.45) is 0 Å². The molecular weight excluding hydrogens is 444 g/mol. The van der Waals surface area contributed by atoms with Crippen LogP contribution in [-0.2, 0) is 20.2 Å². The van der Waals surface area contributed by atoms with E-state index in [-0.39, 0.29) is 22.4 Å². The van der Waals surface area contributed by atoms with Gasteiger partial charge in [0.25, 0.3) is 20.2 Å². The lowest BCUT2D eigenvalue weighted by Crippen LogP contribution is -2.17. The van der Waals surface area contributed by atoms with Gasteiger partial charge in [-0.1, -0.05) is 18.2 Å². The molecule has 0 aliphatic carbocycles. The molecular formula is C19H14N4O6S2. The first kappa shape index (κ1) is 19.6. The molecule has 31 heavy (non-hydrogen) atoms. The molecule has 0 fully saturated rings. The molecule has 0 radical (unpaired) electrons. The van der Waals surface area contributed by atoms with E-state index < -0.39 is 41.1 Å². The van der Waals surface area contributed by atoms with Crippen LogP contribution in [0.3, 0.4) is 0 Å². The van der Waals surface area contributed by atoms with Crippen LogP contribution in [0.4, 0.5) is 22.7 Å². The molecule has 0 spiro atoms. The number of hydrogen-bond acceptors (Lipinski definition) is 8. The maximum atomic E-state index is 12.4. The maximum absolute atomic E-state index is 12.4. The van der Waals surface area contributed by atoms with Gasteiger partial charge in [0.2, 0.25) is 0 Å². The number of nitrogens with zero attached hydrogens (tertiary/aromatic N) is 2. The normalized spacial score (nSPS) is 13.4. The van der Waals surface area contributed by atoms with Crippen LogP contribution >= 0.6 is 0 Å². The molecule has 0 atom stereocenters. The van der Waals surface area contributed by atoms with E-state index in [0.29, 0.717) is 11.4 Å². The Bertz CT molecular complexity index is 1650. The topological polar surface area (TPSA) is 159 Å². The summed E-state index contributed by atoms with van der Waals surface area (Å²) in [6.07, 6.45) is 0. The maximum Gasteiger partial charge on any atom is 0.298 e. The Kier molecular flexibility index (Phi) is 4.02. The molecule has 0 saturated carbocycles. The number of hydrogen-bond donors (Lipinski definition) is 4. The molecule has 0 unspecified atom stereocenters. The predicted molar refractivity (Wildman–Crippen MR) is 114 cm³/mol. The number of nitrogens with one attached hydrogen (secondary N) is 2. The molecule has 0 amide bonds. The van der Waals surface area contributed by atoms with Crippen molar-refractivity contribution in [3.05, 3.63) is 48.0 Å². The van der Waals surface area contributed by atoms with Crippen molar-refractivity contribution in [2.45, 2.75) is 16.7 Å². The van der Waals surface area contributed by atoms with Gasteiger partial charge in [0.1, 0.15) is 20.8 Å². The number of aryl methyl sites for hydroxylation is 1. The fourth-order valence-corrected chi connectivity index (χ4v) is 5.26. The molecule has 1 aliphatic heterocycles. The summed E-state index contributed by atoms with van der Waals surface area (Å²) in [6.45, 7) is 1.82. The lowest BCUT2D eigenvalue weighted by Gasteiger charge is -2.27. The molecule has 4 aromatic rings. The van der Waals surface area contributed by atoms with Crippen LogP contribution < -0.4 is 10.6 Å². The Morgan fingerprint density at radius 1 is 0.742 bits per heavy atom. The van der Waals surface area contributed by atoms with Crippen LogP contribution in [0.5, 0.6) is 0 Å². The lowest BCUT2D eigenvalue weighted by atomic mass is 10.1. The minimum Gasteiger partial charge on any atom is -0.351 e. The van der Waals surface area contributed by atoms with E-state index >= 15 is 0 Å². The van der Waals surface area contributed by atoms with Crippen molar-refractivity contribution < 1.29 is 25.9 Å². The molecule has 10 nitrogen and oxygen atoms in total. The lowest BCUT2D eigenvalue weighted by molar-refractivity contribution is 0.480. The molecule has 3 aromatic carbocycles. The number of fused-ring (bicyclic) bond motifs is 4. The van der Waals surface area contributed by atoms with Crippen molar-refractivity contribution in [1.82, 2.24) is 9.97 Å². The van der Waals surface area contributed by atoms with Crippen molar-refractivity contribution in [1.29, 1.82) is 0 Å². The summed E-state index contributed by atoms with van der Waals surface area (Å²) in [5.41, 5.74) is 1.00. The summed E-state index contributed by atoms with van der Waals surface area (Å²) in [5, 5.41) is 5.71. The highest BCUT2D eigenvalue weighted by atomic mass is 32.2. The monoisotopic (exact) mass is 458 g/mol. The predicted octanol–water partition coefficient (Wildman–Crippen LogP) is 3.39. The highest BCUT2D eigenvalue weighted by Crippen LogP contribution is 2.48. The summed E-state index contributed by atoms with van der Waals surface area (Å²) in [7, 11) is -9.79. The molecule has 5 rings (SSSR count). The largest absolute Gasteiger partial charge is 0.351 e.